The third kappa shape index (κ3) is 6.51. The van der Waals surface area contributed by atoms with Crippen molar-refractivity contribution in [2.45, 2.75) is 50.7 Å². The molecule has 2 aromatic heterocycles. The topological polar surface area (TPSA) is 193 Å². The number of H-pyrrole nitrogens is 1. The highest BCUT2D eigenvalue weighted by molar-refractivity contribution is 6.28. The molecule has 0 aromatic carbocycles. The average Bonchev–Trinajstić information content (AvgIpc) is 3.24. The van der Waals surface area contributed by atoms with Crippen LogP contribution in [0.25, 0.3) is 0 Å². The number of carbonyl (C=O) groups excluding carboxylic acids is 3. The Morgan fingerprint density at radius 1 is 1.12 bits per heavy atom. The summed E-state index contributed by atoms with van der Waals surface area (Å²) in [6.45, 7) is 2.08. The monoisotopic (exact) mass is 464 g/mol. The molecule has 13 nitrogen and oxygen atoms in total. The van der Waals surface area contributed by atoms with Crippen molar-refractivity contribution < 1.29 is 14.4 Å². The van der Waals surface area contributed by atoms with E-state index in [9.17, 15) is 14.4 Å². The summed E-state index contributed by atoms with van der Waals surface area (Å²) in [5.74, 6) is -1.30. The molecule has 3 atom stereocenters. The smallest absolute Gasteiger partial charge is 0.243 e. The number of hydrogen-bond donors (Lipinski definition) is 6. The van der Waals surface area contributed by atoms with E-state index in [2.05, 4.69) is 46.2 Å². The van der Waals surface area contributed by atoms with E-state index in [0.717, 1.165) is 0 Å². The molecule has 0 fully saturated rings. The predicted octanol–water partition coefficient (Wildman–Crippen LogP) is -0.658. The van der Waals surface area contributed by atoms with Crippen molar-refractivity contribution in [3.05, 3.63) is 23.5 Å². The van der Waals surface area contributed by atoms with Gasteiger partial charge in [-0.05, 0) is 37.8 Å². The molecule has 0 saturated heterocycles. The Balaban J connectivity index is 1.85. The molecule has 1 aliphatic rings. The first-order chi connectivity index (χ1) is 15.3. The Morgan fingerprint density at radius 2 is 1.91 bits per heavy atom. The van der Waals surface area contributed by atoms with Crippen molar-refractivity contribution in [3.63, 3.8) is 0 Å². The normalized spacial score (nSPS) is 22.8. The Bertz CT molecular complexity index is 954. The Kier molecular flexibility index (Phi) is 7.76. The minimum atomic E-state index is -0.971. The van der Waals surface area contributed by atoms with Crippen LogP contribution in [0.1, 0.15) is 31.9 Å². The first-order valence-electron chi connectivity index (χ1n) is 10.1. The van der Waals surface area contributed by atoms with Crippen LogP contribution in [-0.2, 0) is 20.8 Å². The zero-order chi connectivity index (χ0) is 23.1. The van der Waals surface area contributed by atoms with Crippen molar-refractivity contribution in [1.29, 1.82) is 0 Å². The summed E-state index contributed by atoms with van der Waals surface area (Å²) in [5, 5.41) is 11.2. The van der Waals surface area contributed by atoms with Gasteiger partial charge >= 0.3 is 0 Å². The molecular formula is C18H25ClN10O3. The minimum Gasteiger partial charge on any atom is -0.368 e. The Morgan fingerprint density at radius 3 is 2.62 bits per heavy atom. The number of aromatic amines is 1. The number of nitrogens with two attached hydrogens (primary N) is 1. The fourth-order valence-electron chi connectivity index (χ4n) is 3.11. The highest BCUT2D eigenvalue weighted by Gasteiger charge is 2.28. The third-order valence-corrected chi connectivity index (χ3v) is 4.99. The van der Waals surface area contributed by atoms with Crippen LogP contribution in [0.2, 0.25) is 5.28 Å². The number of rotatable bonds is 3. The highest BCUT2D eigenvalue weighted by atomic mass is 35.5. The van der Waals surface area contributed by atoms with E-state index in [1.165, 1.54) is 6.33 Å². The number of nitrogens with one attached hydrogen (secondary N) is 5. The number of hydrogen-bond acceptors (Lipinski definition) is 9. The van der Waals surface area contributed by atoms with Gasteiger partial charge in [0.25, 0.3) is 0 Å². The summed E-state index contributed by atoms with van der Waals surface area (Å²) in [6, 6.07) is -2.65. The maximum atomic E-state index is 12.9. The molecule has 1 aliphatic heterocycles. The number of halogens is 1. The van der Waals surface area contributed by atoms with Gasteiger partial charge in [0, 0.05) is 24.9 Å². The summed E-state index contributed by atoms with van der Waals surface area (Å²) in [5.41, 5.74) is 6.11. The van der Waals surface area contributed by atoms with Crippen LogP contribution in [0.4, 0.5) is 11.9 Å². The van der Waals surface area contributed by atoms with E-state index in [0.29, 0.717) is 31.5 Å². The van der Waals surface area contributed by atoms with Crippen LogP contribution in [0.5, 0.6) is 0 Å². The van der Waals surface area contributed by atoms with E-state index in [1.54, 1.807) is 13.1 Å². The summed E-state index contributed by atoms with van der Waals surface area (Å²) in [4.78, 5) is 56.6. The van der Waals surface area contributed by atoms with Crippen molar-refractivity contribution in [2.75, 3.05) is 17.2 Å². The number of amides is 3. The van der Waals surface area contributed by atoms with Gasteiger partial charge in [-0.3, -0.25) is 14.4 Å². The molecule has 2 bridgehead atoms. The highest BCUT2D eigenvalue weighted by Crippen LogP contribution is 2.12. The van der Waals surface area contributed by atoms with Gasteiger partial charge in [0.15, 0.2) is 0 Å². The summed E-state index contributed by atoms with van der Waals surface area (Å²) >= 11 is 5.97. The first-order valence-corrected chi connectivity index (χ1v) is 10.5. The van der Waals surface area contributed by atoms with Crippen molar-refractivity contribution in [2.24, 2.45) is 5.73 Å². The molecule has 2 aromatic rings. The predicted molar refractivity (Wildman–Crippen MR) is 116 cm³/mol. The minimum absolute atomic E-state index is 0.0379. The largest absolute Gasteiger partial charge is 0.368 e. The van der Waals surface area contributed by atoms with Crippen molar-refractivity contribution in [1.82, 2.24) is 35.6 Å². The zero-order valence-electron chi connectivity index (χ0n) is 17.4. The summed E-state index contributed by atoms with van der Waals surface area (Å²) in [6.07, 6.45) is 4.76. The average molecular weight is 465 g/mol. The molecule has 3 heterocycles. The van der Waals surface area contributed by atoms with E-state index >= 15 is 0 Å². The van der Waals surface area contributed by atoms with E-state index in [1.807, 2.05) is 0 Å². The fourth-order valence-corrected chi connectivity index (χ4v) is 3.27. The lowest BCUT2D eigenvalue weighted by Gasteiger charge is -2.23. The number of fused-ring (bicyclic) bond motifs is 2. The molecule has 7 N–H and O–H groups in total. The van der Waals surface area contributed by atoms with Crippen LogP contribution in [0, 0.1) is 0 Å². The van der Waals surface area contributed by atoms with Crippen LogP contribution in [0.15, 0.2) is 12.5 Å². The maximum Gasteiger partial charge on any atom is 0.243 e. The molecule has 0 unspecified atom stereocenters. The molecule has 0 radical (unpaired) electrons. The SMILES string of the molecule is C[C@@H]1Nc2nc(Cl)nc(n2)NCCCC[C@H](C(N)=O)NC(=O)[C@H](Cc2cnc[nH]2)NC1=O. The molecule has 0 aliphatic carbocycles. The number of primary amides is 1. The third-order valence-electron chi connectivity index (χ3n) is 4.82. The second-order valence-electron chi connectivity index (χ2n) is 7.35. The molecule has 14 heteroatoms. The summed E-state index contributed by atoms with van der Waals surface area (Å²) < 4.78 is 0. The second kappa shape index (κ2) is 10.7. The van der Waals surface area contributed by atoms with Gasteiger partial charge in [0.2, 0.25) is 34.9 Å². The number of anilines is 2. The molecule has 0 spiro atoms. The number of carbonyl (C=O) groups is 3. The second-order valence-corrected chi connectivity index (χ2v) is 7.68. The number of imidazole rings is 1. The van der Waals surface area contributed by atoms with Crippen LogP contribution >= 0.6 is 11.6 Å². The zero-order valence-corrected chi connectivity index (χ0v) is 18.1. The van der Waals surface area contributed by atoms with Gasteiger partial charge in [0.1, 0.15) is 18.1 Å². The Hall–Kier alpha value is -3.48. The lowest BCUT2D eigenvalue weighted by Crippen LogP contribution is -2.55. The molecule has 32 heavy (non-hydrogen) atoms. The number of aromatic nitrogens is 5. The van der Waals surface area contributed by atoms with Crippen LogP contribution < -0.4 is 27.0 Å². The molecular weight excluding hydrogens is 440 g/mol. The van der Waals surface area contributed by atoms with Gasteiger partial charge in [0.05, 0.1) is 6.33 Å². The van der Waals surface area contributed by atoms with Crippen LogP contribution in [-0.4, -0.2) is 67.3 Å². The summed E-state index contributed by atoms with van der Waals surface area (Å²) in [7, 11) is 0. The van der Waals surface area contributed by atoms with E-state index in [-0.39, 0.29) is 23.6 Å². The van der Waals surface area contributed by atoms with Gasteiger partial charge in [-0.1, -0.05) is 0 Å². The van der Waals surface area contributed by atoms with Crippen LogP contribution in [0.3, 0.4) is 0 Å². The molecule has 3 rings (SSSR count). The van der Waals surface area contributed by atoms with E-state index in [4.69, 9.17) is 17.3 Å². The van der Waals surface area contributed by atoms with Gasteiger partial charge in [-0.2, -0.15) is 15.0 Å². The molecule has 3 amide bonds. The standard InChI is InChI=1S/C18H25ClN10O3/c1-9-14(31)26-12(6-10-7-21-8-23-10)15(32)25-11(13(20)30)4-2-3-5-22-17-27-16(19)28-18(24-9)29-17/h7-9,11-12H,2-6H2,1H3,(H2,20,30)(H,21,23)(H,25,32)(H,26,31)(H2,22,24,27,28,29)/t9-,11+,12-/m0/s1. The quantitative estimate of drug-likeness (QED) is 0.342. The number of nitrogens with zero attached hydrogens (tertiary/aromatic N) is 4. The lowest BCUT2D eigenvalue weighted by molar-refractivity contribution is -0.131. The first kappa shape index (κ1) is 23.2. The van der Waals surface area contributed by atoms with Gasteiger partial charge in [-0.15, -0.1) is 0 Å². The van der Waals surface area contributed by atoms with E-state index < -0.39 is 35.8 Å². The lowest BCUT2D eigenvalue weighted by atomic mass is 10.1. The molecule has 0 saturated carbocycles. The fraction of sp³-hybridized carbons (Fsp3) is 0.500. The van der Waals surface area contributed by atoms with Crippen molar-refractivity contribution >= 4 is 41.2 Å². The maximum absolute atomic E-state index is 12.9. The van der Waals surface area contributed by atoms with Gasteiger partial charge < -0.3 is 32.0 Å². The van der Waals surface area contributed by atoms with Crippen molar-refractivity contribution in [3.8, 4) is 0 Å². The molecule has 172 valence electrons. The Labute approximate surface area is 188 Å². The van der Waals surface area contributed by atoms with Gasteiger partial charge in [-0.25, -0.2) is 4.98 Å².